The molecule has 0 spiro atoms. The lowest BCUT2D eigenvalue weighted by Crippen LogP contribution is -2.14. The average Bonchev–Trinajstić information content (AvgIpc) is 3.07. The van der Waals surface area contributed by atoms with Crippen LogP contribution in [0.25, 0.3) is 11.0 Å². The molecule has 0 aliphatic heterocycles. The van der Waals surface area contributed by atoms with Crippen LogP contribution in [0.3, 0.4) is 0 Å². The molecule has 0 atom stereocenters. The maximum atomic E-state index is 13.2. The molecule has 0 saturated carbocycles. The van der Waals surface area contributed by atoms with E-state index >= 15 is 0 Å². The molecular formula is C22H17ClFN3OS. The smallest absolute Gasteiger partial charge is 0.234 e. The minimum Gasteiger partial charge on any atom is -0.325 e. The summed E-state index contributed by atoms with van der Waals surface area (Å²) < 4.78 is 15.3. The molecule has 0 bridgehead atoms. The second-order valence-corrected chi connectivity index (χ2v) is 7.82. The van der Waals surface area contributed by atoms with Crippen molar-refractivity contribution in [1.82, 2.24) is 9.55 Å². The molecule has 0 radical (unpaired) electrons. The fraction of sp³-hybridized carbons (Fsp3) is 0.0909. The Bertz CT molecular complexity index is 1140. The van der Waals surface area contributed by atoms with E-state index in [0.717, 1.165) is 21.8 Å². The number of nitrogens with one attached hydrogen (secondary N) is 1. The van der Waals surface area contributed by atoms with Crippen molar-refractivity contribution in [2.24, 2.45) is 0 Å². The van der Waals surface area contributed by atoms with Gasteiger partial charge in [0.1, 0.15) is 5.82 Å². The first-order chi connectivity index (χ1) is 14.1. The SMILES string of the molecule is O=C(CSc1nc2ccccc2n1Cc1ccc(F)cc1)Nc1ccc(Cl)cc1. The van der Waals surface area contributed by atoms with Gasteiger partial charge in [0.05, 0.1) is 23.3 Å². The van der Waals surface area contributed by atoms with E-state index in [9.17, 15) is 9.18 Å². The highest BCUT2D eigenvalue weighted by atomic mass is 35.5. The summed E-state index contributed by atoms with van der Waals surface area (Å²) in [4.78, 5) is 17.0. The number of thioether (sulfide) groups is 1. The number of amides is 1. The molecule has 4 rings (SSSR count). The predicted octanol–water partition coefficient (Wildman–Crippen LogP) is 5.61. The van der Waals surface area contributed by atoms with Crippen molar-refractivity contribution >= 4 is 46.0 Å². The zero-order chi connectivity index (χ0) is 20.2. The van der Waals surface area contributed by atoms with E-state index in [1.807, 2.05) is 28.8 Å². The minimum absolute atomic E-state index is 0.127. The van der Waals surface area contributed by atoms with Crippen molar-refractivity contribution in [2.45, 2.75) is 11.7 Å². The zero-order valence-corrected chi connectivity index (χ0v) is 16.9. The zero-order valence-electron chi connectivity index (χ0n) is 15.3. The lowest BCUT2D eigenvalue weighted by Gasteiger charge is -2.10. The van der Waals surface area contributed by atoms with Gasteiger partial charge in [-0.1, -0.05) is 47.6 Å². The van der Waals surface area contributed by atoms with Crippen LogP contribution in [0, 0.1) is 5.82 Å². The highest BCUT2D eigenvalue weighted by Crippen LogP contribution is 2.25. The van der Waals surface area contributed by atoms with E-state index in [-0.39, 0.29) is 17.5 Å². The Hall–Kier alpha value is -2.83. The van der Waals surface area contributed by atoms with E-state index in [4.69, 9.17) is 11.6 Å². The van der Waals surface area contributed by atoms with Gasteiger partial charge >= 0.3 is 0 Å². The van der Waals surface area contributed by atoms with Gasteiger partial charge in [-0.05, 0) is 54.1 Å². The average molecular weight is 426 g/mol. The summed E-state index contributed by atoms with van der Waals surface area (Å²) in [5.41, 5.74) is 3.48. The highest BCUT2D eigenvalue weighted by molar-refractivity contribution is 7.99. The Kier molecular flexibility index (Phi) is 5.83. The molecule has 0 saturated heterocycles. The summed E-state index contributed by atoms with van der Waals surface area (Å²) >= 11 is 7.24. The number of hydrogen-bond acceptors (Lipinski definition) is 3. The van der Waals surface area contributed by atoms with E-state index in [1.54, 1.807) is 36.4 Å². The summed E-state index contributed by atoms with van der Waals surface area (Å²) in [5, 5.41) is 4.21. The molecule has 0 fully saturated rings. The summed E-state index contributed by atoms with van der Waals surface area (Å²) in [5.74, 6) is -0.176. The molecule has 1 N–H and O–H groups in total. The van der Waals surface area contributed by atoms with Crippen LogP contribution in [0.4, 0.5) is 10.1 Å². The van der Waals surface area contributed by atoms with Crippen molar-refractivity contribution in [3.8, 4) is 0 Å². The first-order valence-electron chi connectivity index (χ1n) is 8.96. The highest BCUT2D eigenvalue weighted by Gasteiger charge is 2.13. The molecule has 0 unspecified atom stereocenters. The first-order valence-corrected chi connectivity index (χ1v) is 10.3. The Labute approximate surface area is 176 Å². The normalized spacial score (nSPS) is 11.0. The van der Waals surface area contributed by atoms with E-state index in [2.05, 4.69) is 10.3 Å². The lowest BCUT2D eigenvalue weighted by atomic mass is 10.2. The number of rotatable bonds is 6. The molecule has 0 aliphatic carbocycles. The van der Waals surface area contributed by atoms with Crippen LogP contribution in [-0.4, -0.2) is 21.2 Å². The molecule has 4 nitrogen and oxygen atoms in total. The van der Waals surface area contributed by atoms with Crippen LogP contribution in [0.1, 0.15) is 5.56 Å². The van der Waals surface area contributed by atoms with Gasteiger partial charge in [0.15, 0.2) is 5.16 Å². The molecule has 7 heteroatoms. The number of aromatic nitrogens is 2. The molecule has 1 aromatic heterocycles. The topological polar surface area (TPSA) is 46.9 Å². The molecule has 3 aromatic carbocycles. The lowest BCUT2D eigenvalue weighted by molar-refractivity contribution is -0.113. The van der Waals surface area contributed by atoms with Crippen LogP contribution in [-0.2, 0) is 11.3 Å². The third-order valence-corrected chi connectivity index (χ3v) is 5.56. The van der Waals surface area contributed by atoms with Crippen molar-refractivity contribution in [3.05, 3.63) is 89.2 Å². The Morgan fingerprint density at radius 1 is 1.03 bits per heavy atom. The largest absolute Gasteiger partial charge is 0.325 e. The second-order valence-electron chi connectivity index (χ2n) is 6.44. The number of hydrogen-bond donors (Lipinski definition) is 1. The van der Waals surface area contributed by atoms with Crippen LogP contribution >= 0.6 is 23.4 Å². The van der Waals surface area contributed by atoms with E-state index < -0.39 is 0 Å². The number of benzene rings is 3. The van der Waals surface area contributed by atoms with Crippen molar-refractivity contribution in [3.63, 3.8) is 0 Å². The first kappa shape index (κ1) is 19.5. The van der Waals surface area contributed by atoms with Gasteiger partial charge in [-0.15, -0.1) is 0 Å². The third-order valence-electron chi connectivity index (χ3n) is 4.33. The number of nitrogens with zero attached hydrogens (tertiary/aromatic N) is 2. The summed E-state index contributed by atoms with van der Waals surface area (Å²) in [6.07, 6.45) is 0. The number of para-hydroxylation sites is 2. The molecule has 0 aliphatic rings. The number of carbonyl (C=O) groups excluding carboxylic acids is 1. The molecular weight excluding hydrogens is 409 g/mol. The summed E-state index contributed by atoms with van der Waals surface area (Å²) in [6.45, 7) is 0.544. The fourth-order valence-corrected chi connectivity index (χ4v) is 3.89. The van der Waals surface area contributed by atoms with Crippen LogP contribution < -0.4 is 5.32 Å². The predicted molar refractivity (Wildman–Crippen MR) is 116 cm³/mol. The van der Waals surface area contributed by atoms with Crippen molar-refractivity contribution in [2.75, 3.05) is 11.1 Å². The maximum absolute atomic E-state index is 13.2. The van der Waals surface area contributed by atoms with Gasteiger partial charge in [-0.3, -0.25) is 4.79 Å². The molecule has 4 aromatic rings. The number of halogens is 2. The summed E-state index contributed by atoms with van der Waals surface area (Å²) in [7, 11) is 0. The minimum atomic E-state index is -0.266. The van der Waals surface area contributed by atoms with Crippen molar-refractivity contribution < 1.29 is 9.18 Å². The fourth-order valence-electron chi connectivity index (χ4n) is 2.95. The molecule has 1 amide bonds. The summed E-state index contributed by atoms with van der Waals surface area (Å²) in [6, 6.07) is 21.2. The number of carbonyl (C=O) groups is 1. The van der Waals surface area contributed by atoms with Gasteiger partial charge in [0, 0.05) is 10.7 Å². The van der Waals surface area contributed by atoms with Gasteiger partial charge in [-0.2, -0.15) is 0 Å². The quantitative estimate of drug-likeness (QED) is 0.408. The van der Waals surface area contributed by atoms with Gasteiger partial charge in [0.25, 0.3) is 0 Å². The van der Waals surface area contributed by atoms with E-state index in [0.29, 0.717) is 17.3 Å². The number of anilines is 1. The number of imidazole rings is 1. The Balaban J connectivity index is 1.52. The van der Waals surface area contributed by atoms with Crippen molar-refractivity contribution in [1.29, 1.82) is 0 Å². The molecule has 1 heterocycles. The van der Waals surface area contributed by atoms with Gasteiger partial charge in [0.2, 0.25) is 5.91 Å². The number of fused-ring (bicyclic) bond motifs is 1. The second kappa shape index (κ2) is 8.68. The molecule has 29 heavy (non-hydrogen) atoms. The standard InChI is InChI=1S/C22H17ClFN3OS/c23-16-7-11-18(12-8-16)25-21(28)14-29-22-26-19-3-1-2-4-20(19)27(22)13-15-5-9-17(24)10-6-15/h1-12H,13-14H2,(H,25,28). The van der Waals surface area contributed by atoms with Gasteiger partial charge < -0.3 is 9.88 Å². The molecule has 146 valence electrons. The van der Waals surface area contributed by atoms with Gasteiger partial charge in [-0.25, -0.2) is 9.37 Å². The van der Waals surface area contributed by atoms with Crippen LogP contribution in [0.2, 0.25) is 5.02 Å². The third kappa shape index (κ3) is 4.78. The van der Waals surface area contributed by atoms with Crippen LogP contribution in [0.5, 0.6) is 0 Å². The monoisotopic (exact) mass is 425 g/mol. The Morgan fingerprint density at radius 3 is 2.52 bits per heavy atom. The Morgan fingerprint density at radius 2 is 1.76 bits per heavy atom. The van der Waals surface area contributed by atoms with Crippen LogP contribution in [0.15, 0.2) is 78.0 Å². The van der Waals surface area contributed by atoms with E-state index in [1.165, 1.54) is 23.9 Å². The maximum Gasteiger partial charge on any atom is 0.234 e.